The predicted molar refractivity (Wildman–Crippen MR) is 97.6 cm³/mol. The van der Waals surface area contributed by atoms with Crippen molar-refractivity contribution < 1.29 is 18.4 Å². The summed E-state index contributed by atoms with van der Waals surface area (Å²) in [6, 6.07) is 6.18. The Balaban J connectivity index is 1.95. The number of carbonyl (C=O) groups is 2. The lowest BCUT2D eigenvalue weighted by atomic mass is 9.78. The summed E-state index contributed by atoms with van der Waals surface area (Å²) in [5, 5.41) is 3.02. The van der Waals surface area contributed by atoms with Gasteiger partial charge < -0.3 is 5.32 Å². The monoisotopic (exact) mass is 393 g/mol. The van der Waals surface area contributed by atoms with E-state index in [4.69, 9.17) is 11.6 Å². The maximum Gasteiger partial charge on any atom is 0.248 e. The van der Waals surface area contributed by atoms with Crippen LogP contribution in [0.2, 0.25) is 5.02 Å². The second-order valence-corrected chi connectivity index (χ2v) is 7.23. The molecule has 2 amide bonds. The Kier molecular flexibility index (Phi) is 5.41. The number of carbonyl (C=O) groups excluding carboxylic acids is 2. The highest BCUT2D eigenvalue weighted by Gasteiger charge is 2.42. The summed E-state index contributed by atoms with van der Waals surface area (Å²) < 4.78 is 27.3. The van der Waals surface area contributed by atoms with Crippen LogP contribution in [0.3, 0.4) is 0 Å². The van der Waals surface area contributed by atoms with Crippen LogP contribution < -0.4 is 10.2 Å². The Morgan fingerprint density at radius 2 is 2.11 bits per heavy atom. The lowest BCUT2D eigenvalue weighted by Crippen LogP contribution is -2.53. The fourth-order valence-corrected chi connectivity index (χ4v) is 3.52. The summed E-state index contributed by atoms with van der Waals surface area (Å²) >= 11 is 6.24. The molecule has 3 rings (SSSR count). The number of halogens is 3. The Morgan fingerprint density at radius 1 is 1.41 bits per heavy atom. The van der Waals surface area contributed by atoms with E-state index in [0.29, 0.717) is 12.0 Å². The van der Waals surface area contributed by atoms with Gasteiger partial charge in [0.25, 0.3) is 0 Å². The van der Waals surface area contributed by atoms with Crippen molar-refractivity contribution in [2.45, 2.75) is 37.5 Å². The van der Waals surface area contributed by atoms with Crippen LogP contribution in [0.15, 0.2) is 42.7 Å². The van der Waals surface area contributed by atoms with E-state index in [9.17, 15) is 18.4 Å². The minimum Gasteiger partial charge on any atom is -0.351 e. The minimum absolute atomic E-state index is 0.106. The molecule has 0 radical (unpaired) electrons. The van der Waals surface area contributed by atoms with Crippen LogP contribution in [0.1, 0.15) is 31.4 Å². The summed E-state index contributed by atoms with van der Waals surface area (Å²) in [5.41, 5.74) is -0.835. The summed E-state index contributed by atoms with van der Waals surface area (Å²) in [5.74, 6) is -1.18. The van der Waals surface area contributed by atoms with Gasteiger partial charge in [0.2, 0.25) is 12.3 Å². The molecule has 1 aliphatic rings. The van der Waals surface area contributed by atoms with E-state index in [2.05, 4.69) is 10.3 Å². The van der Waals surface area contributed by atoms with E-state index in [0.717, 1.165) is 17.2 Å². The van der Waals surface area contributed by atoms with Gasteiger partial charge in [-0.1, -0.05) is 29.8 Å². The van der Waals surface area contributed by atoms with Crippen LogP contribution in [0.25, 0.3) is 0 Å². The zero-order chi connectivity index (χ0) is 19.6. The van der Waals surface area contributed by atoms with Crippen molar-refractivity contribution in [2.75, 3.05) is 4.90 Å². The molecule has 0 aliphatic heterocycles. The van der Waals surface area contributed by atoms with Crippen molar-refractivity contribution in [2.24, 2.45) is 0 Å². The van der Waals surface area contributed by atoms with Crippen molar-refractivity contribution in [1.29, 1.82) is 0 Å². The zero-order valence-corrected chi connectivity index (χ0v) is 15.3. The highest BCUT2D eigenvalue weighted by atomic mass is 35.5. The number of aromatic nitrogens is 1. The van der Waals surface area contributed by atoms with E-state index in [-0.39, 0.29) is 29.6 Å². The topological polar surface area (TPSA) is 62.3 Å². The second-order valence-electron chi connectivity index (χ2n) is 6.83. The Hall–Kier alpha value is -2.54. The summed E-state index contributed by atoms with van der Waals surface area (Å²) in [4.78, 5) is 29.6. The number of rotatable bonds is 6. The second kappa shape index (κ2) is 7.60. The minimum atomic E-state index is -1.31. The van der Waals surface area contributed by atoms with Gasteiger partial charge in [-0.25, -0.2) is 8.78 Å². The molecule has 0 saturated heterocycles. The third kappa shape index (κ3) is 4.24. The summed E-state index contributed by atoms with van der Waals surface area (Å²) in [6.07, 6.45) is 3.07. The molecule has 1 heterocycles. The van der Waals surface area contributed by atoms with Gasteiger partial charge >= 0.3 is 0 Å². The first kappa shape index (κ1) is 19.2. The highest BCUT2D eigenvalue weighted by molar-refractivity contribution is 6.31. The van der Waals surface area contributed by atoms with Crippen LogP contribution in [-0.2, 0) is 9.59 Å². The normalized spacial score (nSPS) is 22.4. The molecular weight excluding hydrogens is 376 g/mol. The fraction of sp³-hybridized carbons (Fsp3) is 0.316. The molecule has 142 valence electrons. The molecule has 1 atom stereocenters. The van der Waals surface area contributed by atoms with Crippen LogP contribution in [-0.4, -0.2) is 29.0 Å². The lowest BCUT2D eigenvalue weighted by molar-refractivity contribution is -0.126. The number of alkyl halides is 1. The van der Waals surface area contributed by atoms with Crippen molar-refractivity contribution in [1.82, 2.24) is 10.3 Å². The molecule has 1 aromatic carbocycles. The maximum absolute atomic E-state index is 13.7. The first-order valence-corrected chi connectivity index (χ1v) is 8.76. The smallest absolute Gasteiger partial charge is 0.248 e. The first-order chi connectivity index (χ1) is 12.8. The van der Waals surface area contributed by atoms with Crippen LogP contribution in [0.4, 0.5) is 14.5 Å². The first-order valence-electron chi connectivity index (χ1n) is 8.38. The van der Waals surface area contributed by atoms with Gasteiger partial charge in [-0.05, 0) is 13.0 Å². The Morgan fingerprint density at radius 3 is 2.70 bits per heavy atom. The number of pyridine rings is 1. The summed E-state index contributed by atoms with van der Waals surface area (Å²) in [6.45, 7) is 1.47. The van der Waals surface area contributed by atoms with Gasteiger partial charge in [0, 0.05) is 35.5 Å². The van der Waals surface area contributed by atoms with E-state index in [1.54, 1.807) is 24.3 Å². The van der Waals surface area contributed by atoms with Gasteiger partial charge in [0.15, 0.2) is 0 Å². The quantitative estimate of drug-likeness (QED) is 0.763. The molecule has 1 aromatic heterocycles. The van der Waals surface area contributed by atoms with Gasteiger partial charge in [0.05, 0.1) is 18.1 Å². The predicted octanol–water partition coefficient (Wildman–Crippen LogP) is 3.59. The standard InChI is InChI=1S/C19H18ClF2N3O2/c1-19(22)7-13(8-19)24-18(27)17(15-4-2-3-5-16(15)20)25(11-26)14-6-12(21)9-23-10-14/h2-6,9-11,13,17H,7-8H2,1H3,(H,24,27). The van der Waals surface area contributed by atoms with Gasteiger partial charge in [0.1, 0.15) is 17.5 Å². The van der Waals surface area contributed by atoms with Gasteiger partial charge in [-0.2, -0.15) is 0 Å². The van der Waals surface area contributed by atoms with E-state index >= 15 is 0 Å². The zero-order valence-electron chi connectivity index (χ0n) is 14.5. The van der Waals surface area contributed by atoms with Crippen molar-refractivity contribution in [3.8, 4) is 0 Å². The molecule has 1 N–H and O–H groups in total. The van der Waals surface area contributed by atoms with Crippen LogP contribution in [0.5, 0.6) is 0 Å². The molecule has 5 nitrogen and oxygen atoms in total. The molecular formula is C19H18ClF2N3O2. The number of hydrogen-bond donors (Lipinski definition) is 1. The van der Waals surface area contributed by atoms with Crippen molar-refractivity contribution in [3.63, 3.8) is 0 Å². The summed E-state index contributed by atoms with van der Waals surface area (Å²) in [7, 11) is 0. The number of nitrogens with one attached hydrogen (secondary N) is 1. The molecule has 1 unspecified atom stereocenters. The van der Waals surface area contributed by atoms with E-state index < -0.39 is 23.4 Å². The van der Waals surface area contributed by atoms with Crippen LogP contribution in [0, 0.1) is 5.82 Å². The fourth-order valence-electron chi connectivity index (χ4n) is 3.28. The average molecular weight is 394 g/mol. The van der Waals surface area contributed by atoms with Gasteiger partial charge in [-0.3, -0.25) is 19.5 Å². The molecule has 27 heavy (non-hydrogen) atoms. The number of anilines is 1. The number of benzene rings is 1. The van der Waals surface area contributed by atoms with Crippen molar-refractivity contribution >= 4 is 29.6 Å². The third-order valence-electron chi connectivity index (χ3n) is 4.52. The third-order valence-corrected chi connectivity index (χ3v) is 4.86. The molecule has 0 spiro atoms. The largest absolute Gasteiger partial charge is 0.351 e. The van der Waals surface area contributed by atoms with E-state index in [1.165, 1.54) is 13.1 Å². The average Bonchev–Trinajstić information content (AvgIpc) is 2.58. The Labute approximate surface area is 160 Å². The molecule has 0 bridgehead atoms. The Bertz CT molecular complexity index is 854. The van der Waals surface area contributed by atoms with E-state index in [1.807, 2.05) is 0 Å². The van der Waals surface area contributed by atoms with Crippen LogP contribution >= 0.6 is 11.6 Å². The SMILES string of the molecule is CC1(F)CC(NC(=O)C(c2ccccc2Cl)N(C=O)c2cncc(F)c2)C1. The molecule has 1 aliphatic carbocycles. The maximum atomic E-state index is 13.7. The molecule has 1 fully saturated rings. The molecule has 8 heteroatoms. The number of amides is 2. The lowest BCUT2D eigenvalue weighted by Gasteiger charge is -2.40. The van der Waals surface area contributed by atoms with Crippen molar-refractivity contribution in [3.05, 3.63) is 59.1 Å². The van der Waals surface area contributed by atoms with Gasteiger partial charge in [-0.15, -0.1) is 0 Å². The molecule has 1 saturated carbocycles. The number of nitrogens with zero attached hydrogens (tertiary/aromatic N) is 2. The molecule has 2 aromatic rings. The number of hydrogen-bond acceptors (Lipinski definition) is 3. The highest BCUT2D eigenvalue weighted by Crippen LogP contribution is 2.37.